The number of rotatable bonds is 2. The fraction of sp³-hybridized carbons (Fsp3) is 0.556. The van der Waals surface area contributed by atoms with Crippen molar-refractivity contribution in [3.63, 3.8) is 0 Å². The molecule has 1 aromatic carbocycles. The van der Waals surface area contributed by atoms with Gasteiger partial charge in [0.15, 0.2) is 0 Å². The largest absolute Gasteiger partial charge is 0.445 e. The molecule has 2 bridgehead atoms. The zero-order valence-corrected chi connectivity index (χ0v) is 14.1. The Balaban J connectivity index is 1.63. The van der Waals surface area contributed by atoms with Crippen molar-refractivity contribution in [1.29, 1.82) is 0 Å². The van der Waals surface area contributed by atoms with Gasteiger partial charge in [0.05, 0.1) is 11.0 Å². The minimum Gasteiger partial charge on any atom is -0.445 e. The van der Waals surface area contributed by atoms with E-state index in [4.69, 9.17) is 4.74 Å². The van der Waals surface area contributed by atoms with Crippen molar-refractivity contribution in [3.8, 4) is 0 Å². The molecule has 1 unspecified atom stereocenters. The average molecular weight is 329 g/mol. The van der Waals surface area contributed by atoms with E-state index >= 15 is 0 Å². The van der Waals surface area contributed by atoms with Gasteiger partial charge in [-0.2, -0.15) is 4.57 Å². The second kappa shape index (κ2) is 5.77. The van der Waals surface area contributed by atoms with Crippen LogP contribution in [0.25, 0.3) is 11.0 Å². The second-order valence-electron chi connectivity index (χ2n) is 6.88. The second-order valence-corrected chi connectivity index (χ2v) is 6.88. The van der Waals surface area contributed by atoms with Crippen LogP contribution in [0.5, 0.6) is 0 Å². The Kier molecular flexibility index (Phi) is 3.72. The van der Waals surface area contributed by atoms with Crippen LogP contribution >= 0.6 is 0 Å². The summed E-state index contributed by atoms with van der Waals surface area (Å²) in [6.45, 7) is 2.43. The lowest BCUT2D eigenvalue weighted by Crippen LogP contribution is -2.44. The van der Waals surface area contributed by atoms with Crippen molar-refractivity contribution in [1.82, 2.24) is 14.0 Å². The molecule has 0 radical (unpaired) electrons. The van der Waals surface area contributed by atoms with Gasteiger partial charge in [-0.15, -0.1) is 0 Å². The molecule has 1 aromatic heterocycles. The van der Waals surface area contributed by atoms with Crippen LogP contribution in [-0.2, 0) is 11.3 Å². The van der Waals surface area contributed by atoms with E-state index in [1.54, 1.807) is 10.6 Å². The van der Waals surface area contributed by atoms with Gasteiger partial charge < -0.3 is 9.64 Å². The Morgan fingerprint density at radius 2 is 1.79 bits per heavy atom. The molecular weight excluding hydrogens is 306 g/mol. The third-order valence-electron chi connectivity index (χ3n) is 5.66. The van der Waals surface area contributed by atoms with E-state index in [9.17, 15) is 9.59 Å². The quantitative estimate of drug-likeness (QED) is 0.849. The van der Waals surface area contributed by atoms with E-state index in [0.29, 0.717) is 24.1 Å². The third kappa shape index (κ3) is 2.28. The summed E-state index contributed by atoms with van der Waals surface area (Å²) in [6.07, 6.45) is 3.42. The smallest absolute Gasteiger partial charge is 0.423 e. The highest BCUT2D eigenvalue weighted by Crippen LogP contribution is 2.35. The predicted octanol–water partition coefficient (Wildman–Crippen LogP) is 2.43. The van der Waals surface area contributed by atoms with Crippen LogP contribution in [0.15, 0.2) is 29.1 Å². The molecule has 2 aliphatic heterocycles. The lowest BCUT2D eigenvalue weighted by molar-refractivity contribution is 0.0290. The number of ether oxygens (including phenoxy) is 1. The van der Waals surface area contributed by atoms with E-state index < -0.39 is 6.09 Å². The summed E-state index contributed by atoms with van der Waals surface area (Å²) in [7, 11) is 2.15. The molecule has 0 amide bonds. The Morgan fingerprint density at radius 1 is 1.17 bits per heavy atom. The van der Waals surface area contributed by atoms with Crippen LogP contribution in [0.2, 0.25) is 0 Å². The Bertz CT molecular complexity index is 824. The number of aryl methyl sites for hydroxylation is 1. The standard InChI is InChI=1S/C18H23N3O3/c1-3-20-15-6-4-5-7-16(15)21(17(20)22)18(23)24-14-10-12-8-9-13(11-14)19(12)2/h4-7,12-14H,3,8-11H2,1-2H3/t12-,13+,14?. The first-order valence-corrected chi connectivity index (χ1v) is 8.73. The SMILES string of the molecule is CCn1c(=O)n(C(=O)OC2C[C@H]3CC[C@@H](C2)N3C)c2ccccc21. The van der Waals surface area contributed by atoms with Gasteiger partial charge in [0.1, 0.15) is 6.10 Å². The molecule has 0 aliphatic carbocycles. The van der Waals surface area contributed by atoms with Crippen molar-refractivity contribution in [2.45, 2.75) is 57.3 Å². The van der Waals surface area contributed by atoms with E-state index in [1.165, 1.54) is 17.4 Å². The Morgan fingerprint density at radius 3 is 2.42 bits per heavy atom. The molecule has 4 rings (SSSR count). The van der Waals surface area contributed by atoms with Crippen LogP contribution in [-0.4, -0.2) is 45.4 Å². The Labute approximate surface area is 140 Å². The number of carbonyl (C=O) groups is 1. The number of hydrogen-bond donors (Lipinski definition) is 0. The number of hydrogen-bond acceptors (Lipinski definition) is 4. The fourth-order valence-corrected chi connectivity index (χ4v) is 4.34. The molecule has 2 fully saturated rings. The van der Waals surface area contributed by atoms with E-state index in [2.05, 4.69) is 11.9 Å². The fourth-order valence-electron chi connectivity index (χ4n) is 4.34. The first-order valence-electron chi connectivity index (χ1n) is 8.73. The van der Waals surface area contributed by atoms with Crippen molar-refractivity contribution in [2.75, 3.05) is 7.05 Å². The van der Waals surface area contributed by atoms with Gasteiger partial charge in [-0.25, -0.2) is 9.59 Å². The summed E-state index contributed by atoms with van der Waals surface area (Å²) in [5, 5.41) is 0. The highest BCUT2D eigenvalue weighted by Gasteiger charge is 2.40. The zero-order chi connectivity index (χ0) is 16.8. The normalized spacial score (nSPS) is 26.8. The van der Waals surface area contributed by atoms with Crippen molar-refractivity contribution >= 4 is 17.1 Å². The predicted molar refractivity (Wildman–Crippen MR) is 91.3 cm³/mol. The van der Waals surface area contributed by atoms with Crippen LogP contribution in [0.1, 0.15) is 32.6 Å². The monoisotopic (exact) mass is 329 g/mol. The van der Waals surface area contributed by atoms with Gasteiger partial charge in [-0.1, -0.05) is 12.1 Å². The van der Waals surface area contributed by atoms with Gasteiger partial charge in [-0.3, -0.25) is 4.57 Å². The average Bonchev–Trinajstić information content (AvgIpc) is 2.95. The van der Waals surface area contributed by atoms with Gasteiger partial charge >= 0.3 is 11.8 Å². The van der Waals surface area contributed by atoms with Crippen LogP contribution in [0.4, 0.5) is 4.79 Å². The molecule has 2 aromatic rings. The number of aromatic nitrogens is 2. The molecule has 3 heterocycles. The van der Waals surface area contributed by atoms with Crippen LogP contribution in [0.3, 0.4) is 0 Å². The first-order chi connectivity index (χ1) is 11.6. The van der Waals surface area contributed by atoms with E-state index in [0.717, 1.165) is 18.4 Å². The maximum absolute atomic E-state index is 12.7. The lowest BCUT2D eigenvalue weighted by Gasteiger charge is -2.35. The lowest BCUT2D eigenvalue weighted by atomic mass is 10.0. The third-order valence-corrected chi connectivity index (χ3v) is 5.66. The van der Waals surface area contributed by atoms with Gasteiger partial charge in [-0.05, 0) is 38.9 Å². The van der Waals surface area contributed by atoms with Gasteiger partial charge in [0.2, 0.25) is 0 Å². The molecule has 2 saturated heterocycles. The highest BCUT2D eigenvalue weighted by atomic mass is 16.6. The minimum absolute atomic E-state index is 0.0955. The number of fused-ring (bicyclic) bond motifs is 3. The summed E-state index contributed by atoms with van der Waals surface area (Å²) in [5.74, 6) is 0. The summed E-state index contributed by atoms with van der Waals surface area (Å²) in [4.78, 5) is 27.7. The summed E-state index contributed by atoms with van der Waals surface area (Å²) >= 11 is 0. The molecule has 0 saturated carbocycles. The van der Waals surface area contributed by atoms with Crippen LogP contribution < -0.4 is 5.69 Å². The first kappa shape index (κ1) is 15.4. The summed E-state index contributed by atoms with van der Waals surface area (Å²) < 4.78 is 8.52. The number of para-hydroxylation sites is 2. The molecule has 24 heavy (non-hydrogen) atoms. The maximum Gasteiger partial charge on any atom is 0.423 e. The molecule has 2 aliphatic rings. The Hall–Kier alpha value is -2.08. The number of benzene rings is 1. The molecule has 0 spiro atoms. The molecular formula is C18H23N3O3. The molecule has 3 atom stereocenters. The van der Waals surface area contributed by atoms with Crippen molar-refractivity contribution in [3.05, 3.63) is 34.7 Å². The molecule has 6 nitrogen and oxygen atoms in total. The topological polar surface area (TPSA) is 56.5 Å². The van der Waals surface area contributed by atoms with E-state index in [-0.39, 0.29) is 11.8 Å². The maximum atomic E-state index is 12.7. The minimum atomic E-state index is -0.544. The summed E-state index contributed by atoms with van der Waals surface area (Å²) in [6, 6.07) is 8.35. The number of piperidine rings is 1. The van der Waals surface area contributed by atoms with Gasteiger partial charge in [0.25, 0.3) is 0 Å². The number of carbonyl (C=O) groups excluding carboxylic acids is 1. The molecule has 0 N–H and O–H groups in total. The van der Waals surface area contributed by atoms with E-state index in [1.807, 2.05) is 25.1 Å². The number of imidazole rings is 1. The van der Waals surface area contributed by atoms with Crippen LogP contribution in [0, 0.1) is 0 Å². The van der Waals surface area contributed by atoms with Gasteiger partial charge in [0, 0.05) is 31.5 Å². The zero-order valence-electron chi connectivity index (χ0n) is 14.1. The summed E-state index contributed by atoms with van der Waals surface area (Å²) in [5.41, 5.74) is 1.07. The molecule has 128 valence electrons. The van der Waals surface area contributed by atoms with Crippen molar-refractivity contribution < 1.29 is 9.53 Å². The highest BCUT2D eigenvalue weighted by molar-refractivity contribution is 5.86. The molecule has 6 heteroatoms. The number of nitrogens with zero attached hydrogens (tertiary/aromatic N) is 3. The van der Waals surface area contributed by atoms with Crippen molar-refractivity contribution in [2.24, 2.45) is 0 Å².